The Labute approximate surface area is 110 Å². The highest BCUT2D eigenvalue weighted by molar-refractivity contribution is 9.09. The van der Waals surface area contributed by atoms with E-state index in [2.05, 4.69) is 15.9 Å². The Kier molecular flexibility index (Phi) is 5.06. The third-order valence-corrected chi connectivity index (χ3v) is 3.17. The first-order valence-electron chi connectivity index (χ1n) is 4.79. The number of hydrogen-bond acceptors (Lipinski definition) is 2. The van der Waals surface area contributed by atoms with Crippen molar-refractivity contribution in [3.8, 4) is 0 Å². The smallest absolute Gasteiger partial charge is 0.294 e. The standard InChI is InChI=1S/C11H10BrF3OS/c1-7-2-3-8(9(16)4-5-12)10(6-7)17-11(13,14)15/h2-3,6H,4-5H2,1H3. The second kappa shape index (κ2) is 5.91. The highest BCUT2D eigenvalue weighted by atomic mass is 79.9. The number of alkyl halides is 4. The summed E-state index contributed by atoms with van der Waals surface area (Å²) in [6.45, 7) is 1.69. The Morgan fingerprint density at radius 1 is 1.41 bits per heavy atom. The van der Waals surface area contributed by atoms with Crippen LogP contribution in [0.15, 0.2) is 23.1 Å². The van der Waals surface area contributed by atoms with Crippen molar-refractivity contribution >= 4 is 33.5 Å². The molecule has 0 aliphatic rings. The molecule has 0 aromatic heterocycles. The molecule has 0 radical (unpaired) electrons. The minimum atomic E-state index is -4.38. The first-order chi connectivity index (χ1) is 7.83. The van der Waals surface area contributed by atoms with Gasteiger partial charge in [0.15, 0.2) is 5.78 Å². The summed E-state index contributed by atoms with van der Waals surface area (Å²) >= 11 is 2.86. The fourth-order valence-corrected chi connectivity index (χ4v) is 2.44. The predicted molar refractivity (Wildman–Crippen MR) is 65.8 cm³/mol. The number of Topliss-reactive ketones (excluding diaryl/α,β-unsaturated/α-hetero) is 1. The molecular formula is C11H10BrF3OS. The highest BCUT2D eigenvalue weighted by Gasteiger charge is 2.31. The maximum atomic E-state index is 12.3. The second-order valence-electron chi connectivity index (χ2n) is 3.41. The van der Waals surface area contributed by atoms with Crippen molar-refractivity contribution in [3.63, 3.8) is 0 Å². The average molecular weight is 327 g/mol. The molecule has 0 amide bonds. The van der Waals surface area contributed by atoms with Crippen LogP contribution in [0.5, 0.6) is 0 Å². The van der Waals surface area contributed by atoms with Crippen LogP contribution < -0.4 is 0 Å². The lowest BCUT2D eigenvalue weighted by molar-refractivity contribution is -0.0328. The predicted octanol–water partition coefficient (Wildman–Crippen LogP) is 4.57. The summed E-state index contributed by atoms with van der Waals surface area (Å²) in [6, 6.07) is 4.48. The molecule has 0 N–H and O–H groups in total. The molecule has 0 unspecified atom stereocenters. The van der Waals surface area contributed by atoms with Gasteiger partial charge in [0, 0.05) is 22.2 Å². The van der Waals surface area contributed by atoms with Gasteiger partial charge in [-0.05, 0) is 30.3 Å². The van der Waals surface area contributed by atoms with Crippen LogP contribution in [-0.2, 0) is 0 Å². The van der Waals surface area contributed by atoms with E-state index in [1.54, 1.807) is 13.0 Å². The van der Waals surface area contributed by atoms with Crippen molar-refractivity contribution in [2.75, 3.05) is 5.33 Å². The van der Waals surface area contributed by atoms with Crippen molar-refractivity contribution in [1.29, 1.82) is 0 Å². The van der Waals surface area contributed by atoms with Crippen LogP contribution in [0.2, 0.25) is 0 Å². The van der Waals surface area contributed by atoms with Gasteiger partial charge in [-0.2, -0.15) is 13.2 Å². The number of halogens is 4. The molecule has 6 heteroatoms. The Hall–Kier alpha value is -0.490. The Morgan fingerprint density at radius 3 is 2.59 bits per heavy atom. The van der Waals surface area contributed by atoms with Gasteiger partial charge < -0.3 is 0 Å². The summed E-state index contributed by atoms with van der Waals surface area (Å²) in [6.07, 6.45) is 0.189. The quantitative estimate of drug-likeness (QED) is 0.458. The van der Waals surface area contributed by atoms with Gasteiger partial charge in [-0.3, -0.25) is 4.79 Å². The molecule has 94 valence electrons. The second-order valence-corrected chi connectivity index (χ2v) is 5.31. The van der Waals surface area contributed by atoms with E-state index in [9.17, 15) is 18.0 Å². The monoisotopic (exact) mass is 326 g/mol. The van der Waals surface area contributed by atoms with Gasteiger partial charge in [0.25, 0.3) is 0 Å². The first-order valence-corrected chi connectivity index (χ1v) is 6.73. The molecule has 0 heterocycles. The van der Waals surface area contributed by atoms with Crippen LogP contribution in [0.1, 0.15) is 22.3 Å². The van der Waals surface area contributed by atoms with E-state index >= 15 is 0 Å². The minimum Gasteiger partial charge on any atom is -0.294 e. The normalized spacial score (nSPS) is 11.6. The van der Waals surface area contributed by atoms with Crippen molar-refractivity contribution in [3.05, 3.63) is 29.3 Å². The number of carbonyl (C=O) groups excluding carboxylic acids is 1. The lowest BCUT2D eigenvalue weighted by Crippen LogP contribution is -2.06. The molecule has 0 saturated carbocycles. The largest absolute Gasteiger partial charge is 0.446 e. The molecular weight excluding hydrogens is 317 g/mol. The molecule has 0 aliphatic heterocycles. The van der Waals surface area contributed by atoms with Crippen LogP contribution in [0, 0.1) is 6.92 Å². The average Bonchev–Trinajstić information content (AvgIpc) is 2.15. The van der Waals surface area contributed by atoms with Crippen molar-refractivity contribution < 1.29 is 18.0 Å². The number of hydrogen-bond donors (Lipinski definition) is 0. The summed E-state index contributed by atoms with van der Waals surface area (Å²) < 4.78 is 37.0. The van der Waals surface area contributed by atoms with Gasteiger partial charge in [-0.25, -0.2) is 0 Å². The van der Waals surface area contributed by atoms with Crippen LogP contribution in [0.4, 0.5) is 13.2 Å². The summed E-state index contributed by atoms with van der Waals surface area (Å²) in [5, 5.41) is 0.440. The number of ketones is 1. The van der Waals surface area contributed by atoms with E-state index in [1.807, 2.05) is 0 Å². The Bertz CT molecular complexity index is 418. The summed E-state index contributed by atoms with van der Waals surface area (Å²) in [5.41, 5.74) is -3.54. The molecule has 1 aromatic carbocycles. The molecule has 1 nitrogen and oxygen atoms in total. The Morgan fingerprint density at radius 2 is 2.06 bits per heavy atom. The lowest BCUT2D eigenvalue weighted by atomic mass is 10.1. The highest BCUT2D eigenvalue weighted by Crippen LogP contribution is 2.39. The number of carbonyl (C=O) groups is 1. The van der Waals surface area contributed by atoms with Crippen LogP contribution >= 0.6 is 27.7 Å². The summed E-state index contributed by atoms with van der Waals surface area (Å²) in [5.74, 6) is -0.284. The zero-order chi connectivity index (χ0) is 13.1. The number of thioether (sulfide) groups is 1. The maximum Gasteiger partial charge on any atom is 0.446 e. The SMILES string of the molecule is Cc1ccc(C(=O)CCBr)c(SC(F)(F)F)c1. The van der Waals surface area contributed by atoms with Crippen LogP contribution in [-0.4, -0.2) is 16.6 Å². The molecule has 0 saturated heterocycles. The van der Waals surface area contributed by atoms with Crippen molar-refractivity contribution in [1.82, 2.24) is 0 Å². The molecule has 0 spiro atoms. The van der Waals surface area contributed by atoms with E-state index in [0.717, 1.165) is 0 Å². The fraction of sp³-hybridized carbons (Fsp3) is 0.364. The van der Waals surface area contributed by atoms with Crippen LogP contribution in [0.3, 0.4) is 0 Å². The van der Waals surface area contributed by atoms with Gasteiger partial charge in [0.2, 0.25) is 0 Å². The van der Waals surface area contributed by atoms with E-state index in [-0.39, 0.29) is 34.4 Å². The Balaban J connectivity index is 3.08. The fourth-order valence-electron chi connectivity index (χ4n) is 1.29. The van der Waals surface area contributed by atoms with Crippen LogP contribution in [0.25, 0.3) is 0 Å². The van der Waals surface area contributed by atoms with Gasteiger partial charge in [0.05, 0.1) is 0 Å². The van der Waals surface area contributed by atoms with Gasteiger partial charge >= 0.3 is 5.51 Å². The third kappa shape index (κ3) is 4.71. The molecule has 1 aromatic rings. The molecule has 0 atom stereocenters. The molecule has 17 heavy (non-hydrogen) atoms. The molecule has 0 bridgehead atoms. The van der Waals surface area contributed by atoms with Crippen molar-refractivity contribution in [2.45, 2.75) is 23.7 Å². The van der Waals surface area contributed by atoms with E-state index in [1.165, 1.54) is 12.1 Å². The van der Waals surface area contributed by atoms with E-state index in [0.29, 0.717) is 10.9 Å². The van der Waals surface area contributed by atoms with E-state index in [4.69, 9.17) is 0 Å². The number of benzene rings is 1. The molecule has 1 rings (SSSR count). The summed E-state index contributed by atoms with van der Waals surface area (Å²) in [4.78, 5) is 11.6. The van der Waals surface area contributed by atoms with E-state index < -0.39 is 5.51 Å². The van der Waals surface area contributed by atoms with Gasteiger partial charge in [0.1, 0.15) is 0 Å². The zero-order valence-electron chi connectivity index (χ0n) is 8.97. The number of rotatable bonds is 4. The van der Waals surface area contributed by atoms with Gasteiger partial charge in [-0.1, -0.05) is 28.1 Å². The maximum absolute atomic E-state index is 12.3. The molecule has 0 aliphatic carbocycles. The topological polar surface area (TPSA) is 17.1 Å². The first kappa shape index (κ1) is 14.6. The van der Waals surface area contributed by atoms with Crippen molar-refractivity contribution in [2.24, 2.45) is 0 Å². The lowest BCUT2D eigenvalue weighted by Gasteiger charge is -2.10. The van der Waals surface area contributed by atoms with Gasteiger partial charge in [-0.15, -0.1) is 0 Å². The third-order valence-electron chi connectivity index (χ3n) is 1.98. The summed E-state index contributed by atoms with van der Waals surface area (Å²) in [7, 11) is 0. The molecule has 0 fully saturated rings. The number of aryl methyl sites for hydroxylation is 1. The minimum absolute atomic E-state index is 0.0246. The zero-order valence-corrected chi connectivity index (χ0v) is 11.4.